The van der Waals surface area contributed by atoms with Crippen molar-refractivity contribution in [2.75, 3.05) is 0 Å². The first-order chi connectivity index (χ1) is 15.4. The van der Waals surface area contributed by atoms with E-state index in [1.807, 2.05) is 42.5 Å². The number of halogens is 1. The highest BCUT2D eigenvalue weighted by atomic mass is 79.9. The van der Waals surface area contributed by atoms with Crippen molar-refractivity contribution < 1.29 is 9.85 Å². The predicted molar refractivity (Wildman–Crippen MR) is 121 cm³/mol. The molecule has 0 bridgehead atoms. The van der Waals surface area contributed by atoms with Crippen LogP contribution in [0.5, 0.6) is 0 Å². The van der Waals surface area contributed by atoms with Gasteiger partial charge in [-0.15, -0.1) is 0 Å². The molecule has 11 heteroatoms. The molecule has 0 saturated carbocycles. The minimum atomic E-state index is -0.673. The number of rotatable bonds is 4. The van der Waals surface area contributed by atoms with Crippen molar-refractivity contribution in [2.24, 2.45) is 0 Å². The number of imidazole rings is 1. The number of fused-ring (bicyclic) bond motifs is 2. The summed E-state index contributed by atoms with van der Waals surface area (Å²) < 4.78 is 2.54. The SMILES string of the molecule is O=[N+]([O-])c1cc(-c2nc3nc4ccccc4nc3n2-c2ccc(Br)cc2)cc([N+](=O)[O-])c1. The summed E-state index contributed by atoms with van der Waals surface area (Å²) in [6, 6.07) is 18.0. The van der Waals surface area contributed by atoms with Gasteiger partial charge in [0.15, 0.2) is 11.3 Å². The predicted octanol–water partition coefficient (Wildman–Crippen LogP) is 5.21. The van der Waals surface area contributed by atoms with Gasteiger partial charge in [-0.25, -0.2) is 15.0 Å². The fourth-order valence-corrected chi connectivity index (χ4v) is 3.68. The topological polar surface area (TPSA) is 130 Å². The van der Waals surface area contributed by atoms with Crippen molar-refractivity contribution in [3.63, 3.8) is 0 Å². The van der Waals surface area contributed by atoms with Crippen LogP contribution in [0.2, 0.25) is 0 Å². The number of hydrogen-bond donors (Lipinski definition) is 0. The van der Waals surface area contributed by atoms with E-state index in [0.29, 0.717) is 28.0 Å². The van der Waals surface area contributed by atoms with Crippen LogP contribution >= 0.6 is 15.9 Å². The van der Waals surface area contributed by atoms with E-state index < -0.39 is 21.2 Å². The van der Waals surface area contributed by atoms with Gasteiger partial charge in [-0.1, -0.05) is 28.1 Å². The Hall–Kier alpha value is -4.25. The van der Waals surface area contributed by atoms with E-state index in [2.05, 4.69) is 25.9 Å². The van der Waals surface area contributed by atoms with Crippen LogP contribution in [0.15, 0.2) is 71.2 Å². The second-order valence-electron chi connectivity index (χ2n) is 6.86. The Balaban J connectivity index is 1.87. The van der Waals surface area contributed by atoms with Crippen molar-refractivity contribution in [3.05, 3.63) is 91.4 Å². The minimum absolute atomic E-state index is 0.206. The van der Waals surface area contributed by atoms with Crippen LogP contribution in [0.3, 0.4) is 0 Å². The van der Waals surface area contributed by atoms with Gasteiger partial charge in [0.2, 0.25) is 0 Å². The van der Waals surface area contributed by atoms with Gasteiger partial charge in [0.1, 0.15) is 5.82 Å². The highest BCUT2D eigenvalue weighted by Gasteiger charge is 2.23. The Kier molecular flexibility index (Phi) is 4.59. The fraction of sp³-hybridized carbons (Fsp3) is 0. The number of para-hydroxylation sites is 2. The quantitative estimate of drug-likeness (QED) is 0.249. The molecule has 156 valence electrons. The molecule has 0 atom stereocenters. The largest absolute Gasteiger partial charge is 0.277 e. The van der Waals surface area contributed by atoms with Crippen LogP contribution in [0.1, 0.15) is 0 Å². The zero-order chi connectivity index (χ0) is 22.4. The van der Waals surface area contributed by atoms with Gasteiger partial charge < -0.3 is 0 Å². The normalized spacial score (nSPS) is 11.2. The molecule has 2 heterocycles. The van der Waals surface area contributed by atoms with Crippen LogP contribution in [-0.2, 0) is 0 Å². The zero-order valence-electron chi connectivity index (χ0n) is 16.0. The van der Waals surface area contributed by atoms with Gasteiger partial charge in [0, 0.05) is 27.9 Å². The molecule has 5 rings (SSSR count). The van der Waals surface area contributed by atoms with Crippen molar-refractivity contribution in [3.8, 4) is 17.1 Å². The molecule has 0 aliphatic heterocycles. The fourth-order valence-electron chi connectivity index (χ4n) is 3.42. The number of nitrogens with zero attached hydrogens (tertiary/aromatic N) is 6. The molecule has 0 radical (unpaired) electrons. The summed E-state index contributed by atoms with van der Waals surface area (Å²) in [6.45, 7) is 0. The third-order valence-electron chi connectivity index (χ3n) is 4.84. The van der Waals surface area contributed by atoms with Gasteiger partial charge in [-0.05, 0) is 36.4 Å². The molecule has 0 amide bonds. The van der Waals surface area contributed by atoms with Crippen LogP contribution < -0.4 is 0 Å². The number of nitro benzene ring substituents is 2. The first-order valence-corrected chi connectivity index (χ1v) is 10.1. The molecule has 0 spiro atoms. The summed E-state index contributed by atoms with van der Waals surface area (Å²) in [4.78, 5) is 35.3. The Morgan fingerprint density at radius 1 is 0.781 bits per heavy atom. The van der Waals surface area contributed by atoms with Gasteiger partial charge in [-0.2, -0.15) is 0 Å². The van der Waals surface area contributed by atoms with E-state index in [9.17, 15) is 20.2 Å². The third kappa shape index (κ3) is 3.34. The third-order valence-corrected chi connectivity index (χ3v) is 5.37. The van der Waals surface area contributed by atoms with Crippen molar-refractivity contribution in [2.45, 2.75) is 0 Å². The minimum Gasteiger partial charge on any atom is -0.275 e. The molecule has 32 heavy (non-hydrogen) atoms. The molecule has 3 aromatic carbocycles. The Morgan fingerprint density at radius 2 is 1.38 bits per heavy atom. The van der Waals surface area contributed by atoms with Gasteiger partial charge in [0.25, 0.3) is 11.4 Å². The van der Waals surface area contributed by atoms with Gasteiger partial charge in [0.05, 0.1) is 26.9 Å². The van der Waals surface area contributed by atoms with Crippen LogP contribution in [0.25, 0.3) is 39.4 Å². The smallest absolute Gasteiger partial charge is 0.275 e. The summed E-state index contributed by atoms with van der Waals surface area (Å²) in [7, 11) is 0. The maximum absolute atomic E-state index is 11.4. The summed E-state index contributed by atoms with van der Waals surface area (Å²) in [5, 5.41) is 22.8. The second kappa shape index (κ2) is 7.46. The van der Waals surface area contributed by atoms with E-state index in [1.165, 1.54) is 12.1 Å². The molecule has 5 aromatic rings. The number of benzene rings is 3. The summed E-state index contributed by atoms with van der Waals surface area (Å²) in [5.74, 6) is 0.254. The maximum atomic E-state index is 11.4. The van der Waals surface area contributed by atoms with Crippen LogP contribution in [0.4, 0.5) is 11.4 Å². The lowest BCUT2D eigenvalue weighted by Crippen LogP contribution is -2.00. The highest BCUT2D eigenvalue weighted by molar-refractivity contribution is 9.10. The average molecular weight is 491 g/mol. The number of nitro groups is 2. The van der Waals surface area contributed by atoms with E-state index in [0.717, 1.165) is 10.5 Å². The first kappa shape index (κ1) is 19.7. The highest BCUT2D eigenvalue weighted by Crippen LogP contribution is 2.33. The molecule has 0 N–H and O–H groups in total. The molecular weight excluding hydrogens is 480 g/mol. The average Bonchev–Trinajstić information content (AvgIpc) is 3.16. The lowest BCUT2D eigenvalue weighted by Gasteiger charge is -2.09. The van der Waals surface area contributed by atoms with E-state index in [4.69, 9.17) is 4.98 Å². The standard InChI is InChI=1S/C21H11BrN6O4/c22-13-5-7-14(8-6-13)26-20(12-9-15(27(29)30)11-16(10-12)28(31)32)25-19-21(26)24-18-4-2-1-3-17(18)23-19/h1-11H. The molecular formula is C21H11BrN6O4. The van der Waals surface area contributed by atoms with Gasteiger partial charge in [-0.3, -0.25) is 24.8 Å². The Labute approximate surface area is 187 Å². The van der Waals surface area contributed by atoms with E-state index in [1.54, 1.807) is 10.6 Å². The molecule has 0 fully saturated rings. The number of aromatic nitrogens is 4. The Morgan fingerprint density at radius 3 is 1.97 bits per heavy atom. The van der Waals surface area contributed by atoms with Crippen molar-refractivity contribution in [1.82, 2.24) is 19.5 Å². The molecule has 0 saturated heterocycles. The molecule has 2 aromatic heterocycles. The second-order valence-corrected chi connectivity index (χ2v) is 7.77. The number of hydrogen-bond acceptors (Lipinski definition) is 7. The molecule has 0 aliphatic carbocycles. The van der Waals surface area contributed by atoms with E-state index in [-0.39, 0.29) is 11.4 Å². The monoisotopic (exact) mass is 490 g/mol. The van der Waals surface area contributed by atoms with Crippen molar-refractivity contribution >= 4 is 49.6 Å². The lowest BCUT2D eigenvalue weighted by atomic mass is 10.1. The maximum Gasteiger partial charge on any atom is 0.277 e. The molecule has 10 nitrogen and oxygen atoms in total. The number of non-ortho nitro benzene ring substituents is 2. The van der Waals surface area contributed by atoms with Crippen LogP contribution in [0, 0.1) is 20.2 Å². The summed E-state index contributed by atoms with van der Waals surface area (Å²) in [5.41, 5.74) is 2.09. The van der Waals surface area contributed by atoms with Crippen LogP contribution in [-0.4, -0.2) is 29.4 Å². The van der Waals surface area contributed by atoms with E-state index >= 15 is 0 Å². The van der Waals surface area contributed by atoms with Crippen molar-refractivity contribution in [1.29, 1.82) is 0 Å². The Bertz CT molecular complexity index is 1520. The lowest BCUT2D eigenvalue weighted by molar-refractivity contribution is -0.394. The van der Waals surface area contributed by atoms with Gasteiger partial charge >= 0.3 is 0 Å². The zero-order valence-corrected chi connectivity index (χ0v) is 17.6. The summed E-state index contributed by atoms with van der Waals surface area (Å²) in [6.07, 6.45) is 0. The first-order valence-electron chi connectivity index (χ1n) is 9.26. The molecule has 0 unspecified atom stereocenters. The summed E-state index contributed by atoms with van der Waals surface area (Å²) >= 11 is 3.40. The molecule has 0 aliphatic rings.